The van der Waals surface area contributed by atoms with Gasteiger partial charge in [-0.1, -0.05) is 42.2 Å². The van der Waals surface area contributed by atoms with Gasteiger partial charge in [-0.25, -0.2) is 26.3 Å². The molecule has 4 rings (SSSR count). The molecule has 0 saturated carbocycles. The molecule has 0 heterocycles. The van der Waals surface area contributed by atoms with Gasteiger partial charge in [-0.2, -0.15) is 8.78 Å². The third kappa shape index (κ3) is 6.34. The molecule has 40 heavy (non-hydrogen) atoms. The molecule has 0 amide bonds. The number of rotatable bonds is 7. The van der Waals surface area contributed by atoms with Gasteiger partial charge in [0.25, 0.3) is 0 Å². The maximum absolute atomic E-state index is 14.6. The molecule has 4 aromatic carbocycles. The summed E-state index contributed by atoms with van der Waals surface area (Å²) in [7, 11) is 0. The molecule has 0 aromatic heterocycles. The lowest BCUT2D eigenvalue weighted by Crippen LogP contribution is -2.25. The summed E-state index contributed by atoms with van der Waals surface area (Å²) < 4.78 is 116. The Hall–Kier alpha value is -4.58. The van der Waals surface area contributed by atoms with Gasteiger partial charge in [-0.15, -0.1) is 6.58 Å². The van der Waals surface area contributed by atoms with Crippen molar-refractivity contribution in [3.63, 3.8) is 0 Å². The minimum atomic E-state index is -4.70. The Kier molecular flexibility index (Phi) is 8.29. The van der Waals surface area contributed by atoms with Crippen LogP contribution in [0.2, 0.25) is 0 Å². The summed E-state index contributed by atoms with van der Waals surface area (Å²) in [6.07, 6.45) is -1.57. The summed E-state index contributed by atoms with van der Waals surface area (Å²) in [5, 5.41) is 0. The fourth-order valence-corrected chi connectivity index (χ4v) is 3.81. The molecule has 0 spiro atoms. The summed E-state index contributed by atoms with van der Waals surface area (Å²) in [5.74, 6) is -5.55. The minimum absolute atomic E-state index is 0.112. The van der Waals surface area contributed by atoms with E-state index in [1.54, 1.807) is 36.4 Å². The average Bonchev–Trinajstić information content (AvgIpc) is 2.89. The topological polar surface area (TPSA) is 9.23 Å². The van der Waals surface area contributed by atoms with Gasteiger partial charge in [0.2, 0.25) is 0 Å². The molecule has 204 valence electrons. The van der Waals surface area contributed by atoms with Crippen LogP contribution in [0.15, 0.2) is 79.4 Å². The summed E-state index contributed by atoms with van der Waals surface area (Å²) in [4.78, 5) is 0. The van der Waals surface area contributed by atoms with Gasteiger partial charge in [-0.05, 0) is 54.3 Å². The number of allylic oxidation sites excluding steroid dienone is 1. The van der Waals surface area contributed by atoms with Gasteiger partial charge in [0.15, 0.2) is 17.5 Å². The number of aryl methyl sites for hydroxylation is 1. The van der Waals surface area contributed by atoms with Crippen molar-refractivity contribution in [1.82, 2.24) is 0 Å². The summed E-state index contributed by atoms with van der Waals surface area (Å²) in [5.41, 5.74) is 0.0462. The Balaban J connectivity index is 1.53. The Bertz CT molecular complexity index is 1590. The quantitative estimate of drug-likeness (QED) is 0.0953. The molecule has 0 bridgehead atoms. The molecular weight excluding hydrogens is 540 g/mol. The molecule has 1 nitrogen and oxygen atoms in total. The molecule has 0 atom stereocenters. The maximum Gasteiger partial charge on any atom is 0.432 e. The van der Waals surface area contributed by atoms with E-state index in [0.717, 1.165) is 12.0 Å². The van der Waals surface area contributed by atoms with E-state index in [-0.39, 0.29) is 17.7 Å². The van der Waals surface area contributed by atoms with E-state index in [9.17, 15) is 35.1 Å². The van der Waals surface area contributed by atoms with Crippen LogP contribution in [0.3, 0.4) is 0 Å². The number of hydrogen-bond acceptors (Lipinski definition) is 1. The van der Waals surface area contributed by atoms with E-state index >= 15 is 0 Å². The molecule has 0 saturated heterocycles. The van der Waals surface area contributed by atoms with Crippen molar-refractivity contribution in [2.75, 3.05) is 0 Å². The zero-order valence-electron chi connectivity index (χ0n) is 20.5. The molecule has 0 aliphatic carbocycles. The predicted octanol–water partition coefficient (Wildman–Crippen LogP) is 8.83. The van der Waals surface area contributed by atoms with E-state index < -0.39 is 52.3 Å². The second-order valence-corrected chi connectivity index (χ2v) is 8.60. The molecule has 0 unspecified atom stereocenters. The van der Waals surface area contributed by atoms with E-state index in [1.807, 2.05) is 6.07 Å². The predicted molar refractivity (Wildman–Crippen MR) is 134 cm³/mol. The van der Waals surface area contributed by atoms with Crippen LogP contribution in [-0.2, 0) is 12.5 Å². The van der Waals surface area contributed by atoms with Gasteiger partial charge in [0, 0.05) is 28.8 Å². The Morgan fingerprint density at radius 3 is 1.88 bits per heavy atom. The second kappa shape index (κ2) is 11.7. The van der Waals surface area contributed by atoms with Gasteiger partial charge in [-0.3, -0.25) is 0 Å². The van der Waals surface area contributed by atoms with Gasteiger partial charge in [0.1, 0.15) is 28.8 Å². The first kappa shape index (κ1) is 28.4. The van der Waals surface area contributed by atoms with E-state index in [0.29, 0.717) is 35.2 Å². The lowest BCUT2D eigenvalue weighted by atomic mass is 10.00. The highest BCUT2D eigenvalue weighted by Gasteiger charge is 2.41. The van der Waals surface area contributed by atoms with Crippen molar-refractivity contribution < 1.29 is 39.9 Å². The largest absolute Gasteiger partial charge is 0.432 e. The maximum atomic E-state index is 14.6. The van der Waals surface area contributed by atoms with Crippen molar-refractivity contribution in [2.24, 2.45) is 0 Å². The first-order valence-electron chi connectivity index (χ1n) is 11.7. The molecule has 0 fully saturated rings. The van der Waals surface area contributed by atoms with Crippen LogP contribution < -0.4 is 4.74 Å². The molecule has 9 heteroatoms. The van der Waals surface area contributed by atoms with E-state index in [2.05, 4.69) is 23.2 Å². The van der Waals surface area contributed by atoms with Crippen LogP contribution >= 0.6 is 0 Å². The number of hydrogen-bond donors (Lipinski definition) is 0. The highest BCUT2D eigenvalue weighted by atomic mass is 19.3. The summed E-state index contributed by atoms with van der Waals surface area (Å²) >= 11 is 0. The smallest absolute Gasteiger partial charge is 0.429 e. The first-order chi connectivity index (χ1) is 19.0. The van der Waals surface area contributed by atoms with Gasteiger partial charge in [0.05, 0.1) is 0 Å². The van der Waals surface area contributed by atoms with Crippen molar-refractivity contribution in [2.45, 2.75) is 19.0 Å². The van der Waals surface area contributed by atoms with Crippen molar-refractivity contribution >= 4 is 0 Å². The highest BCUT2D eigenvalue weighted by molar-refractivity contribution is 5.65. The molecule has 0 radical (unpaired) electrons. The minimum Gasteiger partial charge on any atom is -0.429 e. The Morgan fingerprint density at radius 2 is 1.30 bits per heavy atom. The SMILES string of the molecule is C=CCCc1ccc(-c2ccc(C#Cc3cc(F)c(C(F)(F)Oc4cc(F)c(F)c(F)c4)c(F)c3)cc2)c(F)c1. The number of benzene rings is 4. The molecule has 0 N–H and O–H groups in total. The molecule has 0 aliphatic rings. The number of halogens is 8. The van der Waals surface area contributed by atoms with Crippen molar-refractivity contribution in [1.29, 1.82) is 0 Å². The number of ether oxygens (including phenoxy) is 1. The summed E-state index contributed by atoms with van der Waals surface area (Å²) in [6.45, 7) is 3.64. The third-order valence-electron chi connectivity index (χ3n) is 5.75. The van der Waals surface area contributed by atoms with Crippen LogP contribution in [0.4, 0.5) is 35.1 Å². The normalized spacial score (nSPS) is 11.1. The van der Waals surface area contributed by atoms with Crippen LogP contribution in [0.5, 0.6) is 5.75 Å². The van der Waals surface area contributed by atoms with Crippen LogP contribution in [0, 0.1) is 46.7 Å². The molecule has 0 aliphatic heterocycles. The Labute approximate surface area is 224 Å². The zero-order valence-corrected chi connectivity index (χ0v) is 20.5. The third-order valence-corrected chi connectivity index (χ3v) is 5.75. The van der Waals surface area contributed by atoms with Gasteiger partial charge < -0.3 is 4.74 Å². The van der Waals surface area contributed by atoms with E-state index in [4.69, 9.17) is 0 Å². The summed E-state index contributed by atoms with van der Waals surface area (Å²) in [6, 6.07) is 12.5. The number of alkyl halides is 2. The van der Waals surface area contributed by atoms with Crippen molar-refractivity contribution in [3.8, 4) is 28.7 Å². The van der Waals surface area contributed by atoms with Crippen LogP contribution in [0.1, 0.15) is 28.7 Å². The van der Waals surface area contributed by atoms with Gasteiger partial charge >= 0.3 is 6.11 Å². The van der Waals surface area contributed by atoms with E-state index in [1.165, 1.54) is 6.07 Å². The average molecular weight is 558 g/mol. The first-order valence-corrected chi connectivity index (χ1v) is 11.7. The monoisotopic (exact) mass is 558 g/mol. The molecular formula is C31H18F8O. The van der Waals surface area contributed by atoms with Crippen LogP contribution in [-0.4, -0.2) is 0 Å². The highest BCUT2D eigenvalue weighted by Crippen LogP contribution is 2.36. The standard InChI is InChI=1S/C31H18F8O/c1-2-3-4-19-9-12-23(24(32)13-19)21-10-7-18(8-11-21)5-6-20-14-25(33)29(26(34)15-20)31(38,39)40-22-16-27(35)30(37)28(36)17-22/h2,7-17H,1,3-4H2. The fraction of sp³-hybridized carbons (Fsp3) is 0.0968. The zero-order chi connectivity index (χ0) is 29.0. The lowest BCUT2D eigenvalue weighted by Gasteiger charge is -2.19. The van der Waals surface area contributed by atoms with Crippen LogP contribution in [0.25, 0.3) is 11.1 Å². The lowest BCUT2D eigenvalue weighted by molar-refractivity contribution is -0.189. The van der Waals surface area contributed by atoms with Crippen molar-refractivity contribution in [3.05, 3.63) is 137 Å². The second-order valence-electron chi connectivity index (χ2n) is 8.60. The fourth-order valence-electron chi connectivity index (χ4n) is 3.81. The molecule has 4 aromatic rings. The Morgan fingerprint density at radius 1 is 0.700 bits per heavy atom.